The van der Waals surface area contributed by atoms with E-state index in [0.717, 1.165) is 12.5 Å². The lowest BCUT2D eigenvalue weighted by molar-refractivity contribution is 0.266. The standard InChI is InChI=1S/C13H23N3/c1-16(11-13-5-3-8-15-13)9-6-12-4-2-7-14-10-12/h3,5,8,12,14-15H,2,4,6-7,9-11H2,1H3. The van der Waals surface area contributed by atoms with Gasteiger partial charge in [0.1, 0.15) is 0 Å². The van der Waals surface area contributed by atoms with Gasteiger partial charge in [-0.15, -0.1) is 0 Å². The highest BCUT2D eigenvalue weighted by Gasteiger charge is 2.13. The molecule has 3 nitrogen and oxygen atoms in total. The molecule has 0 spiro atoms. The summed E-state index contributed by atoms with van der Waals surface area (Å²) < 4.78 is 0. The molecule has 0 radical (unpaired) electrons. The van der Waals surface area contributed by atoms with Crippen LogP contribution in [0.5, 0.6) is 0 Å². The fourth-order valence-corrected chi connectivity index (χ4v) is 2.41. The van der Waals surface area contributed by atoms with Crippen LogP contribution in [0.3, 0.4) is 0 Å². The van der Waals surface area contributed by atoms with Crippen molar-refractivity contribution in [2.24, 2.45) is 5.92 Å². The van der Waals surface area contributed by atoms with Crippen LogP contribution in [-0.4, -0.2) is 36.6 Å². The van der Waals surface area contributed by atoms with Crippen LogP contribution in [0.1, 0.15) is 25.0 Å². The van der Waals surface area contributed by atoms with Crippen LogP contribution < -0.4 is 5.32 Å². The highest BCUT2D eigenvalue weighted by molar-refractivity contribution is 5.02. The molecule has 0 bridgehead atoms. The number of aromatic nitrogens is 1. The maximum absolute atomic E-state index is 3.48. The first-order valence-corrected chi connectivity index (χ1v) is 6.36. The van der Waals surface area contributed by atoms with Crippen LogP contribution in [0, 0.1) is 5.92 Å². The predicted octanol–water partition coefficient (Wildman–Crippen LogP) is 1.84. The zero-order valence-corrected chi connectivity index (χ0v) is 10.2. The topological polar surface area (TPSA) is 31.1 Å². The number of H-pyrrole nitrogens is 1. The SMILES string of the molecule is CN(CCC1CCCNC1)Cc1ccc[nH]1. The average molecular weight is 221 g/mol. The van der Waals surface area contributed by atoms with Crippen molar-refractivity contribution < 1.29 is 0 Å². The van der Waals surface area contributed by atoms with Crippen molar-refractivity contribution in [1.29, 1.82) is 0 Å². The first-order valence-electron chi connectivity index (χ1n) is 6.36. The summed E-state index contributed by atoms with van der Waals surface area (Å²) in [5, 5.41) is 3.48. The Labute approximate surface area is 98.2 Å². The quantitative estimate of drug-likeness (QED) is 0.795. The molecule has 1 aliphatic heterocycles. The lowest BCUT2D eigenvalue weighted by Gasteiger charge is -2.25. The van der Waals surface area contributed by atoms with E-state index in [1.165, 1.54) is 44.6 Å². The molecule has 1 aromatic rings. The third-order valence-electron chi connectivity index (χ3n) is 3.42. The van der Waals surface area contributed by atoms with Gasteiger partial charge in [-0.05, 0) is 64.0 Å². The number of nitrogens with zero attached hydrogens (tertiary/aromatic N) is 1. The fraction of sp³-hybridized carbons (Fsp3) is 0.692. The van der Waals surface area contributed by atoms with Gasteiger partial charge in [0.2, 0.25) is 0 Å². The summed E-state index contributed by atoms with van der Waals surface area (Å²) in [6.45, 7) is 4.67. The van der Waals surface area contributed by atoms with Gasteiger partial charge in [-0.1, -0.05) is 0 Å². The molecule has 3 heteroatoms. The van der Waals surface area contributed by atoms with Crippen molar-refractivity contribution in [2.45, 2.75) is 25.8 Å². The molecule has 2 N–H and O–H groups in total. The predicted molar refractivity (Wildman–Crippen MR) is 67.3 cm³/mol. The van der Waals surface area contributed by atoms with Crippen molar-refractivity contribution in [3.8, 4) is 0 Å². The van der Waals surface area contributed by atoms with E-state index >= 15 is 0 Å². The summed E-state index contributed by atoms with van der Waals surface area (Å²) >= 11 is 0. The van der Waals surface area contributed by atoms with Gasteiger partial charge in [0.15, 0.2) is 0 Å². The Kier molecular flexibility index (Phi) is 4.43. The van der Waals surface area contributed by atoms with Crippen LogP contribution in [0.2, 0.25) is 0 Å². The molecule has 2 rings (SSSR count). The van der Waals surface area contributed by atoms with Gasteiger partial charge < -0.3 is 15.2 Å². The van der Waals surface area contributed by atoms with Gasteiger partial charge in [0.25, 0.3) is 0 Å². The minimum Gasteiger partial charge on any atom is -0.364 e. The van der Waals surface area contributed by atoms with E-state index < -0.39 is 0 Å². The molecule has 1 saturated heterocycles. The molecule has 1 atom stereocenters. The van der Waals surface area contributed by atoms with E-state index in [9.17, 15) is 0 Å². The second-order valence-corrected chi connectivity index (χ2v) is 4.93. The van der Waals surface area contributed by atoms with Gasteiger partial charge >= 0.3 is 0 Å². The summed E-state index contributed by atoms with van der Waals surface area (Å²) in [4.78, 5) is 5.66. The second-order valence-electron chi connectivity index (χ2n) is 4.93. The Bertz CT molecular complexity index is 275. The lowest BCUT2D eigenvalue weighted by atomic mass is 9.96. The summed E-state index contributed by atoms with van der Waals surface area (Å²) in [6.07, 6.45) is 6.08. The molecule has 16 heavy (non-hydrogen) atoms. The molecule has 1 aliphatic rings. The third-order valence-corrected chi connectivity index (χ3v) is 3.42. The van der Waals surface area contributed by atoms with Crippen LogP contribution in [0.25, 0.3) is 0 Å². The highest BCUT2D eigenvalue weighted by Crippen LogP contribution is 2.14. The van der Waals surface area contributed by atoms with Crippen molar-refractivity contribution in [3.63, 3.8) is 0 Å². The molecule has 1 aromatic heterocycles. The number of hydrogen-bond donors (Lipinski definition) is 2. The van der Waals surface area contributed by atoms with Gasteiger partial charge in [0.05, 0.1) is 0 Å². The molecule has 0 aliphatic carbocycles. The molecular weight excluding hydrogens is 198 g/mol. The average Bonchev–Trinajstić information content (AvgIpc) is 2.81. The monoisotopic (exact) mass is 221 g/mol. The Balaban J connectivity index is 1.65. The summed E-state index contributed by atoms with van der Waals surface area (Å²) in [5.74, 6) is 0.889. The smallest absolute Gasteiger partial charge is 0.0382 e. The molecule has 0 aromatic carbocycles. The maximum atomic E-state index is 3.48. The summed E-state index contributed by atoms with van der Waals surface area (Å²) in [6, 6.07) is 4.22. The van der Waals surface area contributed by atoms with Crippen LogP contribution in [0.15, 0.2) is 18.3 Å². The molecular formula is C13H23N3. The molecule has 90 valence electrons. The lowest BCUT2D eigenvalue weighted by Crippen LogP contribution is -2.32. The van der Waals surface area contributed by atoms with Crippen LogP contribution in [0.4, 0.5) is 0 Å². The fourth-order valence-electron chi connectivity index (χ4n) is 2.41. The number of nitrogens with one attached hydrogen (secondary N) is 2. The van der Waals surface area contributed by atoms with Crippen LogP contribution >= 0.6 is 0 Å². The van der Waals surface area contributed by atoms with Gasteiger partial charge in [-0.3, -0.25) is 0 Å². The second kappa shape index (κ2) is 6.06. The molecule has 1 fully saturated rings. The first-order chi connectivity index (χ1) is 7.84. The largest absolute Gasteiger partial charge is 0.364 e. The Morgan fingerprint density at radius 3 is 3.12 bits per heavy atom. The van der Waals surface area contributed by atoms with Gasteiger partial charge in [0, 0.05) is 18.4 Å². The van der Waals surface area contributed by atoms with E-state index in [1.54, 1.807) is 0 Å². The molecule has 2 heterocycles. The molecule has 0 saturated carbocycles. The van der Waals surface area contributed by atoms with Crippen molar-refractivity contribution in [2.75, 3.05) is 26.7 Å². The zero-order valence-electron chi connectivity index (χ0n) is 10.2. The summed E-state index contributed by atoms with van der Waals surface area (Å²) in [5.41, 5.74) is 1.31. The Morgan fingerprint density at radius 1 is 1.50 bits per heavy atom. The third kappa shape index (κ3) is 3.65. The number of hydrogen-bond acceptors (Lipinski definition) is 2. The van der Waals surface area contributed by atoms with Gasteiger partial charge in [-0.25, -0.2) is 0 Å². The van der Waals surface area contributed by atoms with E-state index in [1.807, 2.05) is 6.20 Å². The number of piperidine rings is 1. The van der Waals surface area contributed by atoms with Crippen molar-refractivity contribution in [1.82, 2.24) is 15.2 Å². The summed E-state index contributed by atoms with van der Waals surface area (Å²) in [7, 11) is 2.21. The van der Waals surface area contributed by atoms with E-state index in [2.05, 4.69) is 34.4 Å². The number of aromatic amines is 1. The Hall–Kier alpha value is -0.800. The zero-order chi connectivity index (χ0) is 11.2. The normalized spacial score (nSPS) is 21.5. The van der Waals surface area contributed by atoms with Gasteiger partial charge in [-0.2, -0.15) is 0 Å². The van der Waals surface area contributed by atoms with Crippen molar-refractivity contribution >= 4 is 0 Å². The van der Waals surface area contributed by atoms with E-state index in [0.29, 0.717) is 0 Å². The Morgan fingerprint density at radius 2 is 2.44 bits per heavy atom. The minimum absolute atomic E-state index is 0.889. The molecule has 1 unspecified atom stereocenters. The van der Waals surface area contributed by atoms with E-state index in [-0.39, 0.29) is 0 Å². The minimum atomic E-state index is 0.889. The number of rotatable bonds is 5. The first kappa shape index (κ1) is 11.7. The maximum Gasteiger partial charge on any atom is 0.0382 e. The molecule has 0 amide bonds. The van der Waals surface area contributed by atoms with E-state index in [4.69, 9.17) is 0 Å². The van der Waals surface area contributed by atoms with Crippen molar-refractivity contribution in [3.05, 3.63) is 24.0 Å². The highest BCUT2D eigenvalue weighted by atomic mass is 15.1. The van der Waals surface area contributed by atoms with Crippen LogP contribution in [-0.2, 0) is 6.54 Å².